The highest BCUT2D eigenvalue weighted by Crippen LogP contribution is 2.49. The first-order valence-electron chi connectivity index (χ1n) is 11.3. The van der Waals surface area contributed by atoms with Gasteiger partial charge in [-0.15, -0.1) is 5.10 Å². The molecule has 0 atom stereocenters. The molecule has 6 rings (SSSR count). The minimum atomic E-state index is -2.24. The molecule has 4 heterocycles. The first-order valence-corrected chi connectivity index (χ1v) is 13.3. The maximum absolute atomic E-state index is 13.3. The summed E-state index contributed by atoms with van der Waals surface area (Å²) in [5.74, 6) is 0. The van der Waals surface area contributed by atoms with Gasteiger partial charge in [0.15, 0.2) is 5.65 Å². The Labute approximate surface area is 191 Å². The minimum absolute atomic E-state index is 0.518. The molecular weight excluding hydrogens is 431 g/mol. The summed E-state index contributed by atoms with van der Waals surface area (Å²) in [5, 5.41) is 10.5. The summed E-state index contributed by atoms with van der Waals surface area (Å²) in [6.07, 6.45) is 8.49. The Bertz CT molecular complexity index is 1500. The molecule has 2 aromatic carbocycles. The quantitative estimate of drug-likeness (QED) is 0.367. The SMILES string of the molecule is O=P1(c2ccc(-c3cnc4nnn(Cc5ccc6ncccc6c5)c4n3)cc2)CCCCC1. The number of benzene rings is 2. The van der Waals surface area contributed by atoms with E-state index < -0.39 is 7.14 Å². The minimum Gasteiger partial charge on any atom is -0.319 e. The lowest BCUT2D eigenvalue weighted by atomic mass is 10.1. The van der Waals surface area contributed by atoms with Crippen molar-refractivity contribution < 1.29 is 4.57 Å². The smallest absolute Gasteiger partial charge is 0.221 e. The van der Waals surface area contributed by atoms with Gasteiger partial charge >= 0.3 is 0 Å². The number of fused-ring (bicyclic) bond motifs is 2. The van der Waals surface area contributed by atoms with Gasteiger partial charge in [0.1, 0.15) is 7.14 Å². The molecule has 164 valence electrons. The van der Waals surface area contributed by atoms with E-state index in [0.717, 1.165) is 58.2 Å². The van der Waals surface area contributed by atoms with Crippen LogP contribution in [0.3, 0.4) is 0 Å². The van der Waals surface area contributed by atoms with Gasteiger partial charge in [-0.2, -0.15) is 0 Å². The predicted octanol–water partition coefficient (Wildman–Crippen LogP) is 4.66. The molecular formula is C25H23N6OP. The molecule has 0 N–H and O–H groups in total. The van der Waals surface area contributed by atoms with Crippen LogP contribution in [0.25, 0.3) is 33.5 Å². The summed E-state index contributed by atoms with van der Waals surface area (Å²) in [5.41, 5.74) is 4.91. The van der Waals surface area contributed by atoms with Crippen LogP contribution in [0, 0.1) is 0 Å². The molecule has 1 aliphatic heterocycles. The van der Waals surface area contributed by atoms with Crippen molar-refractivity contribution in [3.63, 3.8) is 0 Å². The van der Waals surface area contributed by atoms with Gasteiger partial charge < -0.3 is 4.57 Å². The number of nitrogens with zero attached hydrogens (tertiary/aromatic N) is 6. The number of rotatable bonds is 4. The summed E-state index contributed by atoms with van der Waals surface area (Å²) in [6, 6.07) is 18.2. The molecule has 0 unspecified atom stereocenters. The second-order valence-corrected chi connectivity index (χ2v) is 11.8. The molecule has 1 saturated heterocycles. The Kier molecular flexibility index (Phi) is 4.99. The Morgan fingerprint density at radius 3 is 2.64 bits per heavy atom. The van der Waals surface area contributed by atoms with E-state index in [-0.39, 0.29) is 0 Å². The van der Waals surface area contributed by atoms with E-state index in [0.29, 0.717) is 17.8 Å². The van der Waals surface area contributed by atoms with E-state index >= 15 is 0 Å². The first-order chi connectivity index (χ1) is 16.2. The topological polar surface area (TPSA) is 86.5 Å². The van der Waals surface area contributed by atoms with Crippen molar-refractivity contribution in [2.75, 3.05) is 12.3 Å². The molecule has 1 fully saturated rings. The highest BCUT2D eigenvalue weighted by molar-refractivity contribution is 7.71. The summed E-state index contributed by atoms with van der Waals surface area (Å²) < 4.78 is 15.0. The molecule has 0 saturated carbocycles. The monoisotopic (exact) mass is 454 g/mol. The van der Waals surface area contributed by atoms with Gasteiger partial charge in [-0.3, -0.25) is 4.98 Å². The molecule has 7 nitrogen and oxygen atoms in total. The van der Waals surface area contributed by atoms with Gasteiger partial charge in [0.25, 0.3) is 0 Å². The van der Waals surface area contributed by atoms with Crippen molar-refractivity contribution in [1.29, 1.82) is 0 Å². The maximum Gasteiger partial charge on any atom is 0.221 e. The van der Waals surface area contributed by atoms with Crippen molar-refractivity contribution in [3.05, 3.63) is 72.6 Å². The lowest BCUT2D eigenvalue weighted by Gasteiger charge is -2.23. The third kappa shape index (κ3) is 3.83. The molecule has 3 aromatic heterocycles. The summed E-state index contributed by atoms with van der Waals surface area (Å²) in [7, 11) is -2.24. The zero-order chi connectivity index (χ0) is 22.3. The largest absolute Gasteiger partial charge is 0.319 e. The van der Waals surface area contributed by atoms with Gasteiger partial charge in [-0.25, -0.2) is 14.6 Å². The Morgan fingerprint density at radius 2 is 1.79 bits per heavy atom. The van der Waals surface area contributed by atoms with Gasteiger partial charge in [0, 0.05) is 34.8 Å². The van der Waals surface area contributed by atoms with Gasteiger partial charge in [-0.05, 0) is 36.6 Å². The van der Waals surface area contributed by atoms with Crippen LogP contribution in [-0.2, 0) is 11.1 Å². The summed E-state index contributed by atoms with van der Waals surface area (Å²) in [4.78, 5) is 13.7. The Balaban J connectivity index is 1.31. The molecule has 0 bridgehead atoms. The fraction of sp³-hybridized carbons (Fsp3) is 0.240. The normalized spacial score (nSPS) is 15.8. The van der Waals surface area contributed by atoms with Crippen LogP contribution in [0.1, 0.15) is 24.8 Å². The summed E-state index contributed by atoms with van der Waals surface area (Å²) >= 11 is 0. The van der Waals surface area contributed by atoms with Crippen molar-refractivity contribution in [1.82, 2.24) is 29.9 Å². The van der Waals surface area contributed by atoms with Crippen LogP contribution in [0.5, 0.6) is 0 Å². The van der Waals surface area contributed by atoms with E-state index in [1.54, 1.807) is 17.1 Å². The Morgan fingerprint density at radius 1 is 0.939 bits per heavy atom. The standard InChI is InChI=1S/C25H23N6OP/c32-33(13-2-1-3-14-33)21-9-7-19(8-10-21)23-16-27-24-25(28-23)31(30-29-24)17-18-6-11-22-20(15-18)5-4-12-26-22/h4-12,15-16H,1-3,13-14,17H2. The zero-order valence-corrected chi connectivity index (χ0v) is 19.0. The van der Waals surface area contributed by atoms with Crippen LogP contribution >= 0.6 is 7.14 Å². The molecule has 8 heteroatoms. The predicted molar refractivity (Wildman–Crippen MR) is 130 cm³/mol. The van der Waals surface area contributed by atoms with Crippen LogP contribution in [-0.4, -0.2) is 42.3 Å². The average molecular weight is 454 g/mol. The molecule has 0 radical (unpaired) electrons. The molecule has 1 aliphatic rings. The number of hydrogen-bond donors (Lipinski definition) is 0. The van der Waals surface area contributed by atoms with Gasteiger partial charge in [0.2, 0.25) is 5.65 Å². The van der Waals surface area contributed by atoms with Gasteiger partial charge in [-0.1, -0.05) is 48.0 Å². The molecule has 0 aliphatic carbocycles. The third-order valence-corrected chi connectivity index (χ3v) is 9.72. The van der Waals surface area contributed by atoms with E-state index in [1.165, 1.54) is 6.42 Å². The van der Waals surface area contributed by atoms with E-state index in [4.69, 9.17) is 4.98 Å². The maximum atomic E-state index is 13.3. The second kappa shape index (κ2) is 8.16. The van der Waals surface area contributed by atoms with Crippen molar-refractivity contribution in [3.8, 4) is 11.3 Å². The highest BCUT2D eigenvalue weighted by atomic mass is 31.2. The molecule has 33 heavy (non-hydrogen) atoms. The number of hydrogen-bond acceptors (Lipinski definition) is 6. The molecule has 5 aromatic rings. The second-order valence-electron chi connectivity index (χ2n) is 8.62. The number of pyridine rings is 1. The lowest BCUT2D eigenvalue weighted by molar-refractivity contribution is 0.567. The molecule has 0 spiro atoms. The molecule has 0 amide bonds. The van der Waals surface area contributed by atoms with Crippen LogP contribution in [0.2, 0.25) is 0 Å². The Hall–Kier alpha value is -3.44. The number of aromatic nitrogens is 6. The lowest BCUT2D eigenvalue weighted by Crippen LogP contribution is -2.14. The van der Waals surface area contributed by atoms with Crippen molar-refractivity contribution in [2.45, 2.75) is 25.8 Å². The summed E-state index contributed by atoms with van der Waals surface area (Å²) in [6.45, 7) is 0.543. The highest BCUT2D eigenvalue weighted by Gasteiger charge is 2.26. The van der Waals surface area contributed by atoms with E-state index in [2.05, 4.69) is 32.4 Å². The first kappa shape index (κ1) is 20.2. The van der Waals surface area contributed by atoms with Gasteiger partial charge in [0.05, 0.1) is 24.0 Å². The van der Waals surface area contributed by atoms with Crippen LogP contribution < -0.4 is 5.30 Å². The average Bonchev–Trinajstić information content (AvgIpc) is 3.26. The van der Waals surface area contributed by atoms with Crippen molar-refractivity contribution >= 4 is 34.6 Å². The van der Waals surface area contributed by atoms with Crippen LogP contribution in [0.15, 0.2) is 67.0 Å². The van der Waals surface area contributed by atoms with Crippen LogP contribution in [0.4, 0.5) is 0 Å². The van der Waals surface area contributed by atoms with E-state index in [1.807, 2.05) is 42.5 Å². The van der Waals surface area contributed by atoms with E-state index in [9.17, 15) is 4.57 Å². The fourth-order valence-electron chi connectivity index (χ4n) is 4.58. The zero-order valence-electron chi connectivity index (χ0n) is 18.1. The van der Waals surface area contributed by atoms with Crippen molar-refractivity contribution in [2.24, 2.45) is 0 Å². The fourth-order valence-corrected chi connectivity index (χ4v) is 7.48. The third-order valence-electron chi connectivity index (χ3n) is 6.40.